The number of amides is 1. The highest BCUT2D eigenvalue weighted by Crippen LogP contribution is 2.24. The normalized spacial score (nSPS) is 11.0. The zero-order valence-corrected chi connectivity index (χ0v) is 18.8. The molecule has 0 spiro atoms. The van der Waals surface area contributed by atoms with Gasteiger partial charge in [0.25, 0.3) is 5.56 Å². The number of thiophene rings is 1. The molecule has 2 aromatic carbocycles. The second-order valence-corrected chi connectivity index (χ2v) is 8.63. The Morgan fingerprint density at radius 2 is 1.67 bits per heavy atom. The van der Waals surface area contributed by atoms with E-state index in [4.69, 9.17) is 0 Å². The maximum atomic E-state index is 13.1. The van der Waals surface area contributed by atoms with Crippen molar-refractivity contribution >= 4 is 50.5 Å². The van der Waals surface area contributed by atoms with E-state index in [1.54, 1.807) is 12.1 Å². The molecule has 9 heteroatoms. The molecule has 0 saturated heterocycles. The minimum absolute atomic E-state index is 0.0287. The summed E-state index contributed by atoms with van der Waals surface area (Å²) in [4.78, 5) is 42.2. The highest BCUT2D eigenvalue weighted by atomic mass is 32.1. The molecule has 0 saturated carbocycles. The first kappa shape index (κ1) is 22.2. The van der Waals surface area contributed by atoms with Gasteiger partial charge in [0.05, 0.1) is 10.9 Å². The maximum absolute atomic E-state index is 13.1. The van der Waals surface area contributed by atoms with Crippen LogP contribution >= 0.6 is 11.3 Å². The number of carboxylic acid groups (broad SMARTS) is 1. The van der Waals surface area contributed by atoms with Gasteiger partial charge in [-0.1, -0.05) is 32.0 Å². The van der Waals surface area contributed by atoms with Gasteiger partial charge in [-0.05, 0) is 36.4 Å². The number of para-hydroxylation sites is 1. The summed E-state index contributed by atoms with van der Waals surface area (Å²) in [5.74, 6) is -1.30. The highest BCUT2D eigenvalue weighted by molar-refractivity contribution is 7.17. The molecule has 0 unspecified atom stereocenters. The van der Waals surface area contributed by atoms with Gasteiger partial charge in [-0.15, -0.1) is 11.3 Å². The molecule has 2 aromatic heterocycles. The fraction of sp³-hybridized carbons (Fsp3) is 0.167. The van der Waals surface area contributed by atoms with Crippen LogP contribution in [-0.2, 0) is 11.3 Å². The number of aromatic carboxylic acids is 1. The van der Waals surface area contributed by atoms with Crippen molar-refractivity contribution in [2.24, 2.45) is 0 Å². The molecule has 0 bridgehead atoms. The number of aromatic nitrogens is 2. The number of hydrogen-bond acceptors (Lipinski definition) is 6. The maximum Gasteiger partial charge on any atom is 0.337 e. The average molecular weight is 463 g/mol. The molecule has 8 nitrogen and oxygen atoms in total. The molecule has 3 N–H and O–H groups in total. The summed E-state index contributed by atoms with van der Waals surface area (Å²) in [6.45, 7) is 3.46. The van der Waals surface area contributed by atoms with Crippen LogP contribution in [0, 0.1) is 0 Å². The van der Waals surface area contributed by atoms with E-state index in [9.17, 15) is 19.5 Å². The van der Waals surface area contributed by atoms with Gasteiger partial charge >= 0.3 is 5.97 Å². The number of benzene rings is 2. The molecule has 33 heavy (non-hydrogen) atoms. The lowest BCUT2D eigenvalue weighted by Crippen LogP contribution is -2.32. The van der Waals surface area contributed by atoms with Crippen molar-refractivity contribution in [2.45, 2.75) is 26.3 Å². The average Bonchev–Trinajstić information content (AvgIpc) is 3.22. The Bertz CT molecular complexity index is 1380. The molecular weight excluding hydrogens is 440 g/mol. The van der Waals surface area contributed by atoms with Gasteiger partial charge in [0.2, 0.25) is 5.91 Å². The van der Waals surface area contributed by atoms with Crippen LogP contribution in [0.1, 0.15) is 35.9 Å². The minimum atomic E-state index is -1.20. The van der Waals surface area contributed by atoms with E-state index < -0.39 is 17.4 Å². The standard InChI is InChI=1S/C24H22N4O4S/c1-14(2)21-27-22-20(18(13-33-22)24(31)32)23(30)28(21)12-19(29)26-17-10-8-16(9-11-17)25-15-6-4-3-5-7-15/h3-11,13-14,25H,12H2,1-2H3,(H,26,29)(H,31,32). The Balaban J connectivity index is 1.55. The molecule has 0 radical (unpaired) electrons. The summed E-state index contributed by atoms with van der Waals surface area (Å²) < 4.78 is 1.26. The Morgan fingerprint density at radius 1 is 1.03 bits per heavy atom. The summed E-state index contributed by atoms with van der Waals surface area (Å²) in [5.41, 5.74) is 1.77. The van der Waals surface area contributed by atoms with Gasteiger partial charge < -0.3 is 15.7 Å². The van der Waals surface area contributed by atoms with Crippen LogP contribution in [0.3, 0.4) is 0 Å². The van der Waals surface area contributed by atoms with E-state index in [1.807, 2.05) is 56.3 Å². The largest absolute Gasteiger partial charge is 0.478 e. The Kier molecular flexibility index (Phi) is 6.23. The van der Waals surface area contributed by atoms with Crippen molar-refractivity contribution in [2.75, 3.05) is 10.6 Å². The molecule has 1 amide bonds. The zero-order valence-electron chi connectivity index (χ0n) is 18.0. The van der Waals surface area contributed by atoms with E-state index in [0.29, 0.717) is 16.3 Å². The number of nitrogens with zero attached hydrogens (tertiary/aromatic N) is 2. The number of rotatable bonds is 7. The molecule has 0 aliphatic rings. The van der Waals surface area contributed by atoms with Gasteiger partial charge in [0.1, 0.15) is 17.2 Å². The van der Waals surface area contributed by atoms with Gasteiger partial charge in [-0.25, -0.2) is 9.78 Å². The van der Waals surface area contributed by atoms with Gasteiger partial charge in [0.15, 0.2) is 0 Å². The highest BCUT2D eigenvalue weighted by Gasteiger charge is 2.22. The summed E-state index contributed by atoms with van der Waals surface area (Å²) >= 11 is 1.11. The number of carbonyl (C=O) groups is 2. The number of carboxylic acids is 1. The molecule has 2 heterocycles. The van der Waals surface area contributed by atoms with Crippen molar-refractivity contribution in [3.8, 4) is 0 Å². The third kappa shape index (κ3) is 4.78. The quantitative estimate of drug-likeness (QED) is 0.368. The third-order valence-corrected chi connectivity index (χ3v) is 5.88. The lowest BCUT2D eigenvalue weighted by Gasteiger charge is -2.15. The van der Waals surface area contributed by atoms with Gasteiger partial charge in [-0.2, -0.15) is 0 Å². The SMILES string of the molecule is CC(C)c1nc2scc(C(=O)O)c2c(=O)n1CC(=O)Nc1ccc(Nc2ccccc2)cc1. The van der Waals surface area contributed by atoms with Crippen LogP contribution in [0.2, 0.25) is 0 Å². The lowest BCUT2D eigenvalue weighted by molar-refractivity contribution is -0.116. The van der Waals surface area contributed by atoms with Crippen LogP contribution in [0.15, 0.2) is 64.8 Å². The summed E-state index contributed by atoms with van der Waals surface area (Å²) in [7, 11) is 0. The van der Waals surface area contributed by atoms with Gasteiger partial charge in [-0.3, -0.25) is 14.2 Å². The monoisotopic (exact) mass is 462 g/mol. The summed E-state index contributed by atoms with van der Waals surface area (Å²) in [6, 6.07) is 16.9. The van der Waals surface area contributed by atoms with Crippen LogP contribution in [0.4, 0.5) is 17.1 Å². The van der Waals surface area contributed by atoms with Crippen LogP contribution in [0.25, 0.3) is 10.2 Å². The Morgan fingerprint density at radius 3 is 2.30 bits per heavy atom. The van der Waals surface area contributed by atoms with Crippen molar-refractivity contribution in [1.29, 1.82) is 0 Å². The van der Waals surface area contributed by atoms with Crippen molar-refractivity contribution < 1.29 is 14.7 Å². The smallest absolute Gasteiger partial charge is 0.337 e. The van der Waals surface area contributed by atoms with Crippen molar-refractivity contribution in [1.82, 2.24) is 9.55 Å². The number of nitrogens with one attached hydrogen (secondary N) is 2. The lowest BCUT2D eigenvalue weighted by atomic mass is 10.2. The molecule has 0 fully saturated rings. The summed E-state index contributed by atoms with van der Waals surface area (Å²) in [5, 5.41) is 16.9. The second-order valence-electron chi connectivity index (χ2n) is 7.77. The van der Waals surface area contributed by atoms with E-state index in [1.165, 1.54) is 9.95 Å². The zero-order chi connectivity index (χ0) is 23.5. The van der Waals surface area contributed by atoms with Crippen LogP contribution in [-0.4, -0.2) is 26.5 Å². The van der Waals surface area contributed by atoms with E-state index in [2.05, 4.69) is 15.6 Å². The predicted octanol–water partition coefficient (Wildman–Crippen LogP) is 4.66. The third-order valence-electron chi connectivity index (χ3n) is 5.00. The minimum Gasteiger partial charge on any atom is -0.478 e. The molecule has 0 atom stereocenters. The predicted molar refractivity (Wildman–Crippen MR) is 130 cm³/mol. The number of hydrogen-bond donors (Lipinski definition) is 3. The first-order valence-corrected chi connectivity index (χ1v) is 11.2. The van der Waals surface area contributed by atoms with E-state index >= 15 is 0 Å². The van der Waals surface area contributed by atoms with Crippen LogP contribution < -0.4 is 16.2 Å². The first-order valence-electron chi connectivity index (χ1n) is 10.3. The topological polar surface area (TPSA) is 113 Å². The van der Waals surface area contributed by atoms with E-state index in [-0.39, 0.29) is 23.4 Å². The summed E-state index contributed by atoms with van der Waals surface area (Å²) in [6.07, 6.45) is 0. The molecular formula is C24H22N4O4S. The van der Waals surface area contributed by atoms with Gasteiger partial charge in [0, 0.05) is 28.4 Å². The van der Waals surface area contributed by atoms with Crippen molar-refractivity contribution in [3.63, 3.8) is 0 Å². The fourth-order valence-corrected chi connectivity index (χ4v) is 4.37. The fourth-order valence-electron chi connectivity index (χ4n) is 3.46. The number of carbonyl (C=O) groups excluding carboxylic acids is 1. The van der Waals surface area contributed by atoms with Crippen LogP contribution in [0.5, 0.6) is 0 Å². The molecule has 0 aliphatic heterocycles. The molecule has 168 valence electrons. The Hall–Kier alpha value is -3.98. The number of fused-ring (bicyclic) bond motifs is 1. The molecule has 4 rings (SSSR count). The van der Waals surface area contributed by atoms with E-state index in [0.717, 1.165) is 22.7 Å². The Labute approximate surface area is 193 Å². The number of anilines is 3. The molecule has 4 aromatic rings. The second kappa shape index (κ2) is 9.25. The molecule has 0 aliphatic carbocycles. The van der Waals surface area contributed by atoms with Crippen molar-refractivity contribution in [3.05, 3.63) is 81.7 Å². The first-order chi connectivity index (χ1) is 15.8.